The average molecular weight is 605 g/mol. The fourth-order valence-corrected chi connectivity index (χ4v) is 4.71. The molecular weight excluding hydrogens is 552 g/mol. The predicted molar refractivity (Wildman–Crippen MR) is 183 cm³/mol. The number of nitrogens with two attached hydrogens (primary N) is 1. The lowest BCUT2D eigenvalue weighted by atomic mass is 10.1. The summed E-state index contributed by atoms with van der Waals surface area (Å²) in [4.78, 5) is 31.6. The monoisotopic (exact) mass is 604 g/mol. The zero-order chi connectivity index (χ0) is 32.6. The summed E-state index contributed by atoms with van der Waals surface area (Å²) < 4.78 is 13.1. The molecule has 2 N–H and O–H groups in total. The second-order valence-electron chi connectivity index (χ2n) is 10.7. The Morgan fingerprint density at radius 2 is 1.64 bits per heavy atom. The van der Waals surface area contributed by atoms with E-state index in [9.17, 15) is 9.59 Å². The summed E-state index contributed by atoms with van der Waals surface area (Å²) in [5.74, 6) is 2.29. The molecule has 240 valence electrons. The first-order chi connectivity index (χ1) is 21.2. The van der Waals surface area contributed by atoms with Crippen molar-refractivity contribution in [1.82, 2.24) is 14.5 Å². The fraction of sp³-hybridized carbons (Fsp3) is 0.472. The molecule has 2 aromatic carbocycles. The maximum atomic E-state index is 13.1. The summed E-state index contributed by atoms with van der Waals surface area (Å²) in [6, 6.07) is 13.0. The van der Waals surface area contributed by atoms with Crippen molar-refractivity contribution in [3.8, 4) is 5.75 Å². The van der Waals surface area contributed by atoms with Gasteiger partial charge in [-0.1, -0.05) is 58.4 Å². The molecule has 0 atom stereocenters. The van der Waals surface area contributed by atoms with Crippen molar-refractivity contribution in [3.05, 3.63) is 82.1 Å². The van der Waals surface area contributed by atoms with E-state index >= 15 is 0 Å². The van der Waals surface area contributed by atoms with Crippen LogP contribution in [0.1, 0.15) is 85.5 Å². The van der Waals surface area contributed by atoms with Gasteiger partial charge in [0, 0.05) is 25.2 Å². The molecule has 1 aliphatic carbocycles. The number of benzene rings is 2. The summed E-state index contributed by atoms with van der Waals surface area (Å²) >= 11 is 0. The van der Waals surface area contributed by atoms with Gasteiger partial charge in [0.25, 0.3) is 11.5 Å². The molecule has 1 aliphatic rings. The van der Waals surface area contributed by atoms with Crippen LogP contribution >= 0.6 is 0 Å². The summed E-state index contributed by atoms with van der Waals surface area (Å²) in [5.41, 5.74) is 8.96. The maximum absolute atomic E-state index is 13.1. The number of amides is 1. The number of hydrogen-bond donors (Lipinski definition) is 1. The lowest BCUT2D eigenvalue weighted by Gasteiger charge is -2.23. The predicted octanol–water partition coefficient (Wildman–Crippen LogP) is 7.53. The molecule has 0 bridgehead atoms. The number of ether oxygens (including phenoxy) is 2. The Morgan fingerprint density at radius 1 is 1.00 bits per heavy atom. The van der Waals surface area contributed by atoms with Crippen LogP contribution < -0.4 is 16.0 Å². The zero-order valence-corrected chi connectivity index (χ0v) is 28.0. The van der Waals surface area contributed by atoms with Gasteiger partial charge in [-0.3, -0.25) is 14.2 Å². The Labute approximate surface area is 263 Å². The fourth-order valence-electron chi connectivity index (χ4n) is 4.71. The highest BCUT2D eigenvalue weighted by molar-refractivity contribution is 5.82. The third-order valence-electron chi connectivity index (χ3n) is 6.69. The van der Waals surface area contributed by atoms with E-state index in [0.717, 1.165) is 61.8 Å². The molecule has 1 aromatic heterocycles. The number of anilines is 1. The molecule has 0 unspecified atom stereocenters. The van der Waals surface area contributed by atoms with Crippen molar-refractivity contribution in [1.29, 1.82) is 0 Å². The first-order valence-electron chi connectivity index (χ1n) is 16.0. The zero-order valence-electron chi connectivity index (χ0n) is 28.0. The van der Waals surface area contributed by atoms with E-state index in [2.05, 4.69) is 24.9 Å². The molecule has 0 radical (unpaired) electrons. The maximum Gasteiger partial charge on any atom is 0.266 e. The van der Waals surface area contributed by atoms with E-state index in [1.807, 2.05) is 76.8 Å². The van der Waals surface area contributed by atoms with Gasteiger partial charge in [0.15, 0.2) is 6.61 Å². The molecule has 8 nitrogen and oxygen atoms in total. The smallest absolute Gasteiger partial charge is 0.266 e. The van der Waals surface area contributed by atoms with Gasteiger partial charge in [-0.05, 0) is 82.9 Å². The van der Waals surface area contributed by atoms with Crippen molar-refractivity contribution in [3.63, 3.8) is 0 Å². The van der Waals surface area contributed by atoms with Gasteiger partial charge >= 0.3 is 0 Å². The van der Waals surface area contributed by atoms with Gasteiger partial charge in [0.2, 0.25) is 0 Å². The molecule has 0 saturated heterocycles. The minimum Gasteiger partial charge on any atom is -0.489 e. The number of nitrogen functional groups attached to an aromatic ring is 1. The van der Waals surface area contributed by atoms with Crippen LogP contribution in [0.5, 0.6) is 5.75 Å². The number of nitrogens with zero attached hydrogens (tertiary/aromatic N) is 3. The van der Waals surface area contributed by atoms with Crippen LogP contribution in [-0.2, 0) is 16.0 Å². The summed E-state index contributed by atoms with van der Waals surface area (Å²) in [6.45, 7) is 17.9. The van der Waals surface area contributed by atoms with Crippen molar-refractivity contribution in [2.75, 3.05) is 25.4 Å². The number of aromatic nitrogens is 2. The lowest BCUT2D eigenvalue weighted by molar-refractivity contribution is -0.133. The average Bonchev–Trinajstić information content (AvgIpc) is 3.02. The van der Waals surface area contributed by atoms with E-state index in [4.69, 9.17) is 15.2 Å². The van der Waals surface area contributed by atoms with Gasteiger partial charge in [0.05, 0.1) is 22.7 Å². The van der Waals surface area contributed by atoms with Gasteiger partial charge in [-0.25, -0.2) is 4.98 Å². The van der Waals surface area contributed by atoms with E-state index in [1.54, 1.807) is 22.8 Å². The minimum absolute atomic E-state index is 0.0441. The van der Waals surface area contributed by atoms with Gasteiger partial charge in [-0.15, -0.1) is 0 Å². The topological polar surface area (TPSA) is 99.7 Å². The molecule has 0 aliphatic heterocycles. The quantitative estimate of drug-likeness (QED) is 0.227. The number of carbonyl (C=O) groups excluding carboxylic acids is 1. The number of allylic oxidation sites excluding steroid dienone is 3. The number of rotatable bonds is 11. The van der Waals surface area contributed by atoms with Crippen LogP contribution in [0.4, 0.5) is 5.69 Å². The molecule has 0 saturated carbocycles. The van der Waals surface area contributed by atoms with Crippen molar-refractivity contribution >= 4 is 28.2 Å². The van der Waals surface area contributed by atoms with Crippen LogP contribution in [0, 0.1) is 6.92 Å². The first-order valence-corrected chi connectivity index (χ1v) is 16.0. The second-order valence-corrected chi connectivity index (χ2v) is 10.7. The summed E-state index contributed by atoms with van der Waals surface area (Å²) in [6.07, 6.45) is 8.56. The summed E-state index contributed by atoms with van der Waals surface area (Å²) in [5, 5.41) is 0.530. The number of hydrogen-bond acceptors (Lipinski definition) is 6. The molecule has 1 heterocycles. The molecule has 44 heavy (non-hydrogen) atoms. The lowest BCUT2D eigenvalue weighted by Crippen LogP contribution is -2.36. The first kappa shape index (κ1) is 36.1. The van der Waals surface area contributed by atoms with E-state index in [-0.39, 0.29) is 24.2 Å². The van der Waals surface area contributed by atoms with E-state index < -0.39 is 0 Å². The third-order valence-corrected chi connectivity index (χ3v) is 6.69. The second kappa shape index (κ2) is 18.6. The molecule has 0 fully saturated rings. The van der Waals surface area contributed by atoms with Gasteiger partial charge in [0.1, 0.15) is 17.3 Å². The summed E-state index contributed by atoms with van der Waals surface area (Å²) in [7, 11) is 0. The number of carbonyl (C=O) groups is 1. The molecule has 1 amide bonds. The van der Waals surface area contributed by atoms with Crippen molar-refractivity contribution in [2.24, 2.45) is 0 Å². The number of fused-ring (bicyclic) bond motifs is 1. The molecular formula is C36H52N4O4. The molecule has 8 heteroatoms. The van der Waals surface area contributed by atoms with Crippen LogP contribution in [-0.4, -0.2) is 46.2 Å². The number of aryl methyl sites for hydroxylation is 2. The Balaban J connectivity index is 0.000000302. The highest BCUT2D eigenvalue weighted by Gasteiger charge is 2.20. The van der Waals surface area contributed by atoms with Crippen LogP contribution in [0.25, 0.3) is 16.6 Å². The highest BCUT2D eigenvalue weighted by atomic mass is 16.5. The third kappa shape index (κ3) is 10.3. The SMILES string of the molecule is CC.CCCN(CCC)C(=O)COc1ccc(C)cc1.CCc1nc2ccc(N)cc2c(=O)n1C1=CCCC=C1OC(C)C. The Kier molecular flexibility index (Phi) is 15.2. The van der Waals surface area contributed by atoms with Crippen LogP contribution in [0.15, 0.2) is 65.2 Å². The molecule has 0 spiro atoms. The minimum atomic E-state index is -0.101. The molecule has 3 aromatic rings. The Bertz CT molecular complexity index is 1450. The van der Waals surface area contributed by atoms with Crippen LogP contribution in [0.2, 0.25) is 0 Å². The molecule has 4 rings (SSSR count). The normalized spacial score (nSPS) is 12.3. The van der Waals surface area contributed by atoms with Gasteiger partial charge < -0.3 is 20.1 Å². The van der Waals surface area contributed by atoms with Crippen molar-refractivity contribution < 1.29 is 14.3 Å². The van der Waals surface area contributed by atoms with Crippen molar-refractivity contribution in [2.45, 2.75) is 93.6 Å². The Hall–Kier alpha value is -4.07. The largest absolute Gasteiger partial charge is 0.489 e. The van der Waals surface area contributed by atoms with E-state index in [1.165, 1.54) is 5.56 Å². The Morgan fingerprint density at radius 3 is 2.23 bits per heavy atom. The van der Waals surface area contributed by atoms with Gasteiger partial charge in [-0.2, -0.15) is 0 Å². The standard InChI is InChI=1S/C19H23N3O2.C15H23NO2.C2H6/c1-4-18-21-15-10-9-13(20)11-14(15)19(23)22(18)16-7-5-6-8-17(16)24-12(2)3;1-4-10-16(11-5-2)15(17)12-18-14-8-6-13(3)7-9-14;1-2/h7-12H,4-6,20H2,1-3H3;6-9H,4-5,10-12H2,1-3H3;1-2H3. The van der Waals surface area contributed by atoms with E-state index in [0.29, 0.717) is 23.0 Å². The highest BCUT2D eigenvalue weighted by Crippen LogP contribution is 2.26. The van der Waals surface area contributed by atoms with Crippen LogP contribution in [0.3, 0.4) is 0 Å².